The minimum absolute atomic E-state index is 0.00809. The van der Waals surface area contributed by atoms with Gasteiger partial charge in [-0.25, -0.2) is 0 Å². The monoisotopic (exact) mass is 946 g/mol. The number of hydrogen-bond acceptors (Lipinski definition) is 5. The molecule has 0 spiro atoms. The van der Waals surface area contributed by atoms with Crippen LogP contribution < -0.4 is 5.32 Å². The second-order valence-corrected chi connectivity index (χ2v) is 21.0. The van der Waals surface area contributed by atoms with Crippen LogP contribution in [-0.2, 0) is 14.3 Å². The molecule has 0 heterocycles. The Bertz CT molecular complexity index is 1000. The van der Waals surface area contributed by atoms with Gasteiger partial charge in [0.2, 0.25) is 5.91 Å². The zero-order valence-corrected chi connectivity index (χ0v) is 45.4. The first kappa shape index (κ1) is 65.6. The number of nitrogens with one attached hydrogen (secondary N) is 1. The van der Waals surface area contributed by atoms with Gasteiger partial charge in [-0.2, -0.15) is 0 Å². The molecule has 0 aromatic heterocycles. The van der Waals surface area contributed by atoms with Crippen LogP contribution in [0.15, 0.2) is 12.2 Å². The van der Waals surface area contributed by atoms with Gasteiger partial charge in [0, 0.05) is 12.8 Å². The fraction of sp³-hybridized carbons (Fsp3) is 0.934. The first-order valence-electron chi connectivity index (χ1n) is 30.4. The summed E-state index contributed by atoms with van der Waals surface area (Å²) in [7, 11) is 0. The van der Waals surface area contributed by atoms with Gasteiger partial charge in [0.15, 0.2) is 0 Å². The lowest BCUT2D eigenvalue weighted by Gasteiger charge is -2.22. The van der Waals surface area contributed by atoms with Crippen molar-refractivity contribution in [2.24, 2.45) is 0 Å². The predicted octanol–water partition coefficient (Wildman–Crippen LogP) is 18.9. The van der Waals surface area contributed by atoms with Gasteiger partial charge in [-0.3, -0.25) is 9.59 Å². The molecule has 0 saturated carbocycles. The van der Waals surface area contributed by atoms with Crippen LogP contribution in [0.1, 0.15) is 341 Å². The van der Waals surface area contributed by atoms with Crippen LogP contribution >= 0.6 is 0 Å². The van der Waals surface area contributed by atoms with Crippen molar-refractivity contribution in [3.05, 3.63) is 12.2 Å². The quantitative estimate of drug-likeness (QED) is 0.0321. The van der Waals surface area contributed by atoms with E-state index in [1.165, 1.54) is 270 Å². The van der Waals surface area contributed by atoms with E-state index in [2.05, 4.69) is 31.3 Å². The van der Waals surface area contributed by atoms with Crippen molar-refractivity contribution in [1.29, 1.82) is 0 Å². The molecular formula is C61H119NO5. The molecule has 0 aliphatic rings. The summed E-state index contributed by atoms with van der Waals surface area (Å²) in [6.45, 7) is 4.97. The lowest BCUT2D eigenvalue weighted by molar-refractivity contribution is -0.143. The Morgan fingerprint density at radius 2 is 0.701 bits per heavy atom. The molecule has 0 rings (SSSR count). The van der Waals surface area contributed by atoms with Gasteiger partial charge in [-0.05, 0) is 51.4 Å². The molecule has 6 nitrogen and oxygen atoms in total. The number of ether oxygens (including phenoxy) is 1. The van der Waals surface area contributed by atoms with Crippen molar-refractivity contribution >= 4 is 11.9 Å². The van der Waals surface area contributed by atoms with E-state index in [9.17, 15) is 19.8 Å². The molecule has 0 fully saturated rings. The summed E-state index contributed by atoms with van der Waals surface area (Å²) in [5, 5.41) is 23.3. The number of hydrogen-bond donors (Lipinski definition) is 3. The number of unbranched alkanes of at least 4 members (excludes halogenated alkanes) is 44. The number of esters is 1. The number of amides is 1. The van der Waals surface area contributed by atoms with Crippen LogP contribution in [0.3, 0.4) is 0 Å². The molecule has 0 saturated heterocycles. The normalized spacial score (nSPS) is 12.6. The highest BCUT2D eigenvalue weighted by atomic mass is 16.5. The molecule has 2 unspecified atom stereocenters. The van der Waals surface area contributed by atoms with Crippen LogP contribution in [0.5, 0.6) is 0 Å². The molecule has 0 aliphatic heterocycles. The third-order valence-electron chi connectivity index (χ3n) is 14.3. The molecule has 0 aromatic rings. The Balaban J connectivity index is 3.41. The molecular weight excluding hydrogens is 827 g/mol. The summed E-state index contributed by atoms with van der Waals surface area (Å²) in [5.41, 5.74) is 0. The second-order valence-electron chi connectivity index (χ2n) is 21.0. The third kappa shape index (κ3) is 53.8. The lowest BCUT2D eigenvalue weighted by Crippen LogP contribution is -2.45. The van der Waals surface area contributed by atoms with Crippen molar-refractivity contribution in [2.45, 2.75) is 353 Å². The van der Waals surface area contributed by atoms with Gasteiger partial charge in [0.1, 0.15) is 0 Å². The van der Waals surface area contributed by atoms with Gasteiger partial charge in [-0.15, -0.1) is 0 Å². The highest BCUT2D eigenvalue weighted by Gasteiger charge is 2.20. The number of rotatable bonds is 57. The molecule has 0 radical (unpaired) electrons. The number of aliphatic hydroxyl groups excluding tert-OH is 2. The molecule has 0 aromatic carbocycles. The minimum atomic E-state index is -0.669. The third-order valence-corrected chi connectivity index (χ3v) is 14.3. The van der Waals surface area contributed by atoms with Gasteiger partial charge >= 0.3 is 5.97 Å². The first-order chi connectivity index (χ1) is 33.0. The standard InChI is InChI=1S/C61H119NO5/c1-3-5-7-9-11-13-15-17-19-27-31-35-39-43-47-51-55-61(66)67-56-52-48-44-40-36-32-28-24-22-20-21-23-26-30-34-38-42-46-50-54-60(65)62-58(57-63)59(64)53-49-45-41-37-33-29-25-18-16-14-12-10-8-6-4-2/h20-21,58-59,63-64H,3-19,22-57H2,1-2H3,(H,62,65)/b21-20-. The maximum Gasteiger partial charge on any atom is 0.305 e. The largest absolute Gasteiger partial charge is 0.466 e. The van der Waals surface area contributed by atoms with Crippen LogP contribution in [0, 0.1) is 0 Å². The van der Waals surface area contributed by atoms with E-state index in [4.69, 9.17) is 4.74 Å². The second kappa shape index (κ2) is 57.2. The number of aliphatic hydroxyl groups is 2. The average molecular weight is 947 g/mol. The van der Waals surface area contributed by atoms with Gasteiger partial charge in [0.25, 0.3) is 0 Å². The van der Waals surface area contributed by atoms with Crippen LogP contribution in [0.25, 0.3) is 0 Å². The van der Waals surface area contributed by atoms with E-state index in [1.54, 1.807) is 0 Å². The van der Waals surface area contributed by atoms with Crippen LogP contribution in [0.4, 0.5) is 0 Å². The highest BCUT2D eigenvalue weighted by molar-refractivity contribution is 5.76. The van der Waals surface area contributed by atoms with Gasteiger partial charge < -0.3 is 20.3 Å². The van der Waals surface area contributed by atoms with E-state index in [0.717, 1.165) is 38.5 Å². The summed E-state index contributed by atoms with van der Waals surface area (Å²) < 4.78 is 5.49. The lowest BCUT2D eigenvalue weighted by atomic mass is 10.0. The van der Waals surface area contributed by atoms with Crippen molar-refractivity contribution in [3.63, 3.8) is 0 Å². The summed E-state index contributed by atoms with van der Waals surface area (Å²) in [6, 6.07) is -0.547. The zero-order valence-electron chi connectivity index (χ0n) is 45.4. The Morgan fingerprint density at radius 1 is 0.403 bits per heavy atom. The van der Waals surface area contributed by atoms with E-state index in [1.807, 2.05) is 0 Å². The van der Waals surface area contributed by atoms with Crippen LogP contribution in [-0.4, -0.2) is 47.4 Å². The van der Waals surface area contributed by atoms with Crippen LogP contribution in [0.2, 0.25) is 0 Å². The Hall–Kier alpha value is -1.40. The van der Waals surface area contributed by atoms with Gasteiger partial charge in [-0.1, -0.05) is 289 Å². The Kier molecular flexibility index (Phi) is 56.0. The van der Waals surface area contributed by atoms with Gasteiger partial charge in [0.05, 0.1) is 25.4 Å². The molecule has 398 valence electrons. The topological polar surface area (TPSA) is 95.9 Å². The van der Waals surface area contributed by atoms with Crippen molar-refractivity contribution < 1.29 is 24.5 Å². The molecule has 0 bridgehead atoms. The Labute approximate surface area is 419 Å². The van der Waals surface area contributed by atoms with E-state index < -0.39 is 12.1 Å². The summed E-state index contributed by atoms with van der Waals surface area (Å²) in [5.74, 6) is -0.0342. The molecule has 67 heavy (non-hydrogen) atoms. The highest BCUT2D eigenvalue weighted by Crippen LogP contribution is 2.18. The minimum Gasteiger partial charge on any atom is -0.466 e. The molecule has 6 heteroatoms. The number of allylic oxidation sites excluding steroid dienone is 2. The van der Waals surface area contributed by atoms with Crippen molar-refractivity contribution in [3.8, 4) is 0 Å². The zero-order chi connectivity index (χ0) is 48.6. The fourth-order valence-electron chi connectivity index (χ4n) is 9.64. The fourth-order valence-corrected chi connectivity index (χ4v) is 9.64. The smallest absolute Gasteiger partial charge is 0.305 e. The van der Waals surface area contributed by atoms with E-state index in [0.29, 0.717) is 25.9 Å². The average Bonchev–Trinajstić information content (AvgIpc) is 3.33. The number of carbonyl (C=O) groups excluding carboxylic acids is 2. The number of carbonyl (C=O) groups is 2. The summed E-state index contributed by atoms with van der Waals surface area (Å²) >= 11 is 0. The van der Waals surface area contributed by atoms with E-state index in [-0.39, 0.29) is 18.5 Å². The maximum atomic E-state index is 12.5. The van der Waals surface area contributed by atoms with Crippen molar-refractivity contribution in [1.82, 2.24) is 5.32 Å². The maximum absolute atomic E-state index is 12.5. The van der Waals surface area contributed by atoms with E-state index >= 15 is 0 Å². The molecule has 3 N–H and O–H groups in total. The SMILES string of the molecule is CCCCCCCCCCCCCCCCCCC(=O)OCCCCCCCCCC/C=C\CCCCCCCCCC(=O)NC(CO)C(O)CCCCCCCCCCCCCCCCC. The molecule has 2 atom stereocenters. The first-order valence-corrected chi connectivity index (χ1v) is 30.4. The molecule has 0 aliphatic carbocycles. The Morgan fingerprint density at radius 3 is 1.06 bits per heavy atom. The summed E-state index contributed by atoms with van der Waals surface area (Å²) in [6.07, 6.45) is 67.8. The van der Waals surface area contributed by atoms with Crippen molar-refractivity contribution in [2.75, 3.05) is 13.2 Å². The summed E-state index contributed by atoms with van der Waals surface area (Å²) in [4.78, 5) is 24.5. The predicted molar refractivity (Wildman–Crippen MR) is 292 cm³/mol. The molecule has 1 amide bonds.